The van der Waals surface area contributed by atoms with Gasteiger partial charge in [0.05, 0.1) is 19.3 Å². The number of guanidine groups is 1. The average Bonchev–Trinajstić information content (AvgIpc) is 2.86. The van der Waals surface area contributed by atoms with E-state index in [1.54, 1.807) is 12.1 Å². The molecule has 1 aromatic carbocycles. The Morgan fingerprint density at radius 1 is 1.12 bits per heavy atom. The Balaban J connectivity index is 0.00000312. The maximum Gasteiger partial charge on any atom is 0.191 e. The Labute approximate surface area is 168 Å². The minimum absolute atomic E-state index is 0. The summed E-state index contributed by atoms with van der Waals surface area (Å²) in [6.07, 6.45) is 8.15. The Morgan fingerprint density at radius 2 is 1.80 bits per heavy atom. The number of hydrogen-bond donors (Lipinski definition) is 3. The van der Waals surface area contributed by atoms with Gasteiger partial charge in [0.1, 0.15) is 5.75 Å². The van der Waals surface area contributed by atoms with Crippen molar-refractivity contribution in [3.63, 3.8) is 0 Å². The van der Waals surface area contributed by atoms with E-state index in [1.165, 1.54) is 38.5 Å². The van der Waals surface area contributed by atoms with Crippen molar-refractivity contribution in [1.82, 2.24) is 10.6 Å². The summed E-state index contributed by atoms with van der Waals surface area (Å²) in [4.78, 5) is 4.57. The molecule has 2 rings (SSSR count). The molecule has 0 amide bonds. The van der Waals surface area contributed by atoms with Crippen LogP contribution < -0.4 is 10.6 Å². The summed E-state index contributed by atoms with van der Waals surface area (Å²) < 4.78 is 5.99. The first kappa shape index (κ1) is 22.0. The molecule has 0 aliphatic heterocycles. The number of rotatable bonds is 7. The van der Waals surface area contributed by atoms with Crippen molar-refractivity contribution in [3.8, 4) is 5.75 Å². The zero-order valence-electron chi connectivity index (χ0n) is 15.2. The van der Waals surface area contributed by atoms with Crippen molar-refractivity contribution in [3.05, 3.63) is 29.8 Å². The van der Waals surface area contributed by atoms with Crippen molar-refractivity contribution >= 4 is 29.9 Å². The third-order valence-corrected chi connectivity index (χ3v) is 4.25. The SMILES string of the molecule is CCNC(=NCc1ccc(O)cc1)NCCOC1CCCCCC1.I. The molecule has 25 heavy (non-hydrogen) atoms. The van der Waals surface area contributed by atoms with Crippen molar-refractivity contribution in [2.24, 2.45) is 4.99 Å². The molecule has 142 valence electrons. The van der Waals surface area contributed by atoms with Gasteiger partial charge in [-0.05, 0) is 37.5 Å². The van der Waals surface area contributed by atoms with Crippen LogP contribution in [0.1, 0.15) is 51.0 Å². The van der Waals surface area contributed by atoms with E-state index in [9.17, 15) is 5.11 Å². The van der Waals surface area contributed by atoms with Crippen molar-refractivity contribution in [1.29, 1.82) is 0 Å². The fourth-order valence-electron chi connectivity index (χ4n) is 2.92. The highest BCUT2D eigenvalue weighted by Gasteiger charge is 2.12. The number of aromatic hydroxyl groups is 1. The van der Waals surface area contributed by atoms with E-state index in [2.05, 4.69) is 22.5 Å². The topological polar surface area (TPSA) is 65.9 Å². The highest BCUT2D eigenvalue weighted by molar-refractivity contribution is 14.0. The summed E-state index contributed by atoms with van der Waals surface area (Å²) >= 11 is 0. The van der Waals surface area contributed by atoms with Gasteiger partial charge in [0.25, 0.3) is 0 Å². The second kappa shape index (κ2) is 13.2. The molecule has 0 saturated heterocycles. The largest absolute Gasteiger partial charge is 0.508 e. The maximum absolute atomic E-state index is 9.31. The fourth-order valence-corrected chi connectivity index (χ4v) is 2.92. The van der Waals surface area contributed by atoms with Gasteiger partial charge in [-0.25, -0.2) is 4.99 Å². The smallest absolute Gasteiger partial charge is 0.191 e. The molecular weight excluding hydrogens is 429 g/mol. The molecule has 0 bridgehead atoms. The highest BCUT2D eigenvalue weighted by atomic mass is 127. The Hall–Kier alpha value is -1.02. The van der Waals surface area contributed by atoms with Gasteiger partial charge >= 0.3 is 0 Å². The average molecular weight is 461 g/mol. The molecule has 0 unspecified atom stereocenters. The summed E-state index contributed by atoms with van der Waals surface area (Å²) in [6.45, 7) is 4.94. The normalized spacial score (nSPS) is 16.0. The van der Waals surface area contributed by atoms with Crippen LogP contribution in [0.2, 0.25) is 0 Å². The van der Waals surface area contributed by atoms with Crippen LogP contribution in [-0.4, -0.2) is 36.9 Å². The highest BCUT2D eigenvalue weighted by Crippen LogP contribution is 2.19. The summed E-state index contributed by atoms with van der Waals surface area (Å²) in [5.74, 6) is 1.08. The number of benzene rings is 1. The third-order valence-electron chi connectivity index (χ3n) is 4.25. The molecule has 1 aliphatic rings. The van der Waals surface area contributed by atoms with Crippen molar-refractivity contribution < 1.29 is 9.84 Å². The Morgan fingerprint density at radius 3 is 2.44 bits per heavy atom. The zero-order chi connectivity index (χ0) is 17.0. The summed E-state index contributed by atoms with van der Waals surface area (Å²) in [5, 5.41) is 15.9. The van der Waals surface area contributed by atoms with Crippen molar-refractivity contribution in [2.45, 2.75) is 58.1 Å². The van der Waals surface area contributed by atoms with Gasteiger partial charge in [0, 0.05) is 13.1 Å². The second-order valence-corrected chi connectivity index (χ2v) is 6.27. The summed E-state index contributed by atoms with van der Waals surface area (Å²) in [6, 6.07) is 7.15. The second-order valence-electron chi connectivity index (χ2n) is 6.27. The van der Waals surface area contributed by atoms with Crippen LogP contribution in [0.25, 0.3) is 0 Å². The molecule has 0 atom stereocenters. The van der Waals surface area contributed by atoms with E-state index in [1.807, 2.05) is 12.1 Å². The minimum Gasteiger partial charge on any atom is -0.508 e. The molecule has 1 aromatic rings. The number of halogens is 1. The molecule has 5 nitrogen and oxygen atoms in total. The van der Waals surface area contributed by atoms with Crippen LogP contribution in [0.4, 0.5) is 0 Å². The maximum atomic E-state index is 9.31. The quantitative estimate of drug-likeness (QED) is 0.190. The Bertz CT molecular complexity index is 486. The van der Waals surface area contributed by atoms with E-state index in [-0.39, 0.29) is 29.7 Å². The minimum atomic E-state index is 0. The molecule has 0 spiro atoms. The first-order valence-corrected chi connectivity index (χ1v) is 9.19. The number of ether oxygens (including phenoxy) is 1. The molecule has 1 fully saturated rings. The first-order valence-electron chi connectivity index (χ1n) is 9.19. The lowest BCUT2D eigenvalue weighted by Crippen LogP contribution is -2.39. The van der Waals surface area contributed by atoms with Crippen LogP contribution in [0.3, 0.4) is 0 Å². The summed E-state index contributed by atoms with van der Waals surface area (Å²) in [7, 11) is 0. The predicted molar refractivity (Wildman–Crippen MR) is 114 cm³/mol. The molecule has 1 saturated carbocycles. The van der Waals surface area contributed by atoms with E-state index in [4.69, 9.17) is 4.74 Å². The number of aliphatic imine (C=N–C) groups is 1. The van der Waals surface area contributed by atoms with Crippen molar-refractivity contribution in [2.75, 3.05) is 19.7 Å². The lowest BCUT2D eigenvalue weighted by atomic mass is 10.1. The third kappa shape index (κ3) is 9.30. The Kier molecular flexibility index (Phi) is 11.6. The molecule has 1 aliphatic carbocycles. The predicted octanol–water partition coefficient (Wildman–Crippen LogP) is 3.80. The number of phenols is 1. The van der Waals surface area contributed by atoms with E-state index < -0.39 is 0 Å². The van der Waals surface area contributed by atoms with Gasteiger partial charge in [-0.15, -0.1) is 24.0 Å². The molecule has 6 heteroatoms. The lowest BCUT2D eigenvalue weighted by Gasteiger charge is -2.16. The number of hydrogen-bond acceptors (Lipinski definition) is 3. The molecule has 0 radical (unpaired) electrons. The van der Waals surface area contributed by atoms with Crippen LogP contribution in [0.5, 0.6) is 5.75 Å². The van der Waals surface area contributed by atoms with Gasteiger partial charge in [-0.1, -0.05) is 37.8 Å². The van der Waals surface area contributed by atoms with E-state index in [0.29, 0.717) is 19.3 Å². The monoisotopic (exact) mass is 461 g/mol. The van der Waals surface area contributed by atoms with Crippen LogP contribution >= 0.6 is 24.0 Å². The van der Waals surface area contributed by atoms with Crippen LogP contribution in [-0.2, 0) is 11.3 Å². The van der Waals surface area contributed by atoms with Gasteiger partial charge in [-0.2, -0.15) is 0 Å². The molecule has 0 heterocycles. The van der Waals surface area contributed by atoms with Gasteiger partial charge in [-0.3, -0.25) is 0 Å². The standard InChI is InChI=1S/C19H31N3O2.HI/c1-2-20-19(22-15-16-9-11-17(23)12-10-16)21-13-14-24-18-7-5-3-4-6-8-18;/h9-12,18,23H,2-8,13-15H2,1H3,(H2,20,21,22);1H. The number of nitrogens with zero attached hydrogens (tertiary/aromatic N) is 1. The van der Waals surface area contributed by atoms with Gasteiger partial charge in [0.2, 0.25) is 0 Å². The van der Waals surface area contributed by atoms with Gasteiger partial charge in [0.15, 0.2) is 5.96 Å². The number of phenolic OH excluding ortho intramolecular Hbond substituents is 1. The first-order chi connectivity index (χ1) is 11.8. The molecule has 0 aromatic heterocycles. The fraction of sp³-hybridized carbons (Fsp3) is 0.632. The van der Waals surface area contributed by atoms with Crippen LogP contribution in [0, 0.1) is 0 Å². The van der Waals surface area contributed by atoms with Crippen LogP contribution in [0.15, 0.2) is 29.3 Å². The number of nitrogens with one attached hydrogen (secondary N) is 2. The zero-order valence-corrected chi connectivity index (χ0v) is 17.5. The molecule has 3 N–H and O–H groups in total. The van der Waals surface area contributed by atoms with Gasteiger partial charge < -0.3 is 20.5 Å². The summed E-state index contributed by atoms with van der Waals surface area (Å²) in [5.41, 5.74) is 1.07. The van der Waals surface area contributed by atoms with E-state index in [0.717, 1.165) is 24.6 Å². The lowest BCUT2D eigenvalue weighted by molar-refractivity contribution is 0.0468. The van der Waals surface area contributed by atoms with E-state index >= 15 is 0 Å². The molecular formula is C19H32IN3O2.